The summed E-state index contributed by atoms with van der Waals surface area (Å²) in [6.07, 6.45) is 0. The predicted octanol–water partition coefficient (Wildman–Crippen LogP) is 3.26. The molecule has 108 valence electrons. The van der Waals surface area contributed by atoms with E-state index in [4.69, 9.17) is 16.3 Å². The van der Waals surface area contributed by atoms with Gasteiger partial charge in [-0.25, -0.2) is 9.97 Å². The zero-order chi connectivity index (χ0) is 14.8. The molecule has 0 atom stereocenters. The molecule has 0 spiro atoms. The van der Waals surface area contributed by atoms with Gasteiger partial charge in [0.25, 0.3) is 0 Å². The second-order valence-electron chi connectivity index (χ2n) is 4.86. The van der Waals surface area contributed by atoms with Gasteiger partial charge in [-0.15, -0.1) is 0 Å². The molecule has 21 heavy (non-hydrogen) atoms. The lowest BCUT2D eigenvalue weighted by molar-refractivity contribution is 0.297. The van der Waals surface area contributed by atoms with E-state index >= 15 is 0 Å². The molecule has 0 saturated heterocycles. The van der Waals surface area contributed by atoms with E-state index in [9.17, 15) is 0 Å². The van der Waals surface area contributed by atoms with E-state index in [-0.39, 0.29) is 0 Å². The summed E-state index contributed by atoms with van der Waals surface area (Å²) in [7, 11) is 3.90. The van der Waals surface area contributed by atoms with Gasteiger partial charge in [-0.1, -0.05) is 11.6 Å². The monoisotopic (exact) mass is 302 g/mol. The highest BCUT2D eigenvalue weighted by molar-refractivity contribution is 6.30. The van der Waals surface area contributed by atoms with Gasteiger partial charge in [0.05, 0.1) is 5.52 Å². The summed E-state index contributed by atoms with van der Waals surface area (Å²) in [5, 5.41) is 0.687. The van der Waals surface area contributed by atoms with Crippen molar-refractivity contribution in [3.8, 4) is 5.75 Å². The van der Waals surface area contributed by atoms with E-state index < -0.39 is 0 Å². The van der Waals surface area contributed by atoms with Crippen LogP contribution in [0.2, 0.25) is 5.02 Å². The van der Waals surface area contributed by atoms with Crippen molar-refractivity contribution in [2.24, 2.45) is 0 Å². The minimum atomic E-state index is 0.356. The number of hydrogen-bond acceptors (Lipinski definition) is 4. The summed E-state index contributed by atoms with van der Waals surface area (Å²) in [6.45, 7) is 0.356. The normalized spacial score (nSPS) is 10.8. The van der Waals surface area contributed by atoms with Gasteiger partial charge in [0.2, 0.25) is 0 Å². The lowest BCUT2D eigenvalue weighted by Gasteiger charge is -2.09. The van der Waals surface area contributed by atoms with Crippen LogP contribution >= 0.6 is 11.6 Å². The lowest BCUT2D eigenvalue weighted by atomic mass is 10.3. The number of fused-ring (bicyclic) bond motifs is 1. The van der Waals surface area contributed by atoms with Crippen molar-refractivity contribution >= 4 is 28.6 Å². The second kappa shape index (κ2) is 5.61. The SMILES string of the molecule is CN(C)c1ccc2[nH]c(COc3ccc(Cl)cc3)nc2n1. The molecule has 0 aliphatic carbocycles. The minimum absolute atomic E-state index is 0.356. The maximum atomic E-state index is 5.84. The first-order valence-corrected chi connectivity index (χ1v) is 6.91. The number of nitrogens with one attached hydrogen (secondary N) is 1. The molecule has 3 rings (SSSR count). The van der Waals surface area contributed by atoms with Crippen molar-refractivity contribution in [2.45, 2.75) is 6.61 Å². The molecule has 2 aromatic heterocycles. The molecule has 0 bridgehead atoms. The molecular formula is C15H15ClN4O. The van der Waals surface area contributed by atoms with E-state index in [0.717, 1.165) is 22.9 Å². The van der Waals surface area contributed by atoms with Crippen molar-refractivity contribution in [3.05, 3.63) is 47.2 Å². The molecule has 0 amide bonds. The van der Waals surface area contributed by atoms with Crippen LogP contribution in [0, 0.1) is 0 Å². The van der Waals surface area contributed by atoms with Crippen molar-refractivity contribution in [3.63, 3.8) is 0 Å². The predicted molar refractivity (Wildman–Crippen MR) is 84.0 cm³/mol. The summed E-state index contributed by atoms with van der Waals surface area (Å²) in [5.41, 5.74) is 1.59. The Morgan fingerprint density at radius 2 is 1.86 bits per heavy atom. The maximum absolute atomic E-state index is 5.84. The van der Waals surface area contributed by atoms with Gasteiger partial charge in [0.15, 0.2) is 5.65 Å². The van der Waals surface area contributed by atoms with Crippen LogP contribution in [0.4, 0.5) is 5.82 Å². The average Bonchev–Trinajstić information content (AvgIpc) is 2.88. The molecule has 2 heterocycles. The van der Waals surface area contributed by atoms with E-state index in [1.54, 1.807) is 12.1 Å². The first-order valence-electron chi connectivity index (χ1n) is 6.53. The molecule has 0 fully saturated rings. The highest BCUT2D eigenvalue weighted by atomic mass is 35.5. The van der Waals surface area contributed by atoms with Crippen molar-refractivity contribution < 1.29 is 4.74 Å². The largest absolute Gasteiger partial charge is 0.486 e. The Morgan fingerprint density at radius 3 is 2.57 bits per heavy atom. The number of pyridine rings is 1. The average molecular weight is 303 g/mol. The smallest absolute Gasteiger partial charge is 0.179 e. The van der Waals surface area contributed by atoms with Crippen LogP contribution in [-0.4, -0.2) is 29.0 Å². The molecule has 1 N–H and O–H groups in total. The molecule has 3 aromatic rings. The van der Waals surface area contributed by atoms with E-state index in [1.165, 1.54) is 0 Å². The molecular weight excluding hydrogens is 288 g/mol. The number of aromatic nitrogens is 3. The van der Waals surface area contributed by atoms with Crippen LogP contribution in [0.5, 0.6) is 5.75 Å². The van der Waals surface area contributed by atoms with Crippen molar-refractivity contribution in [1.82, 2.24) is 15.0 Å². The van der Waals surface area contributed by atoms with E-state index in [1.807, 2.05) is 43.3 Å². The summed E-state index contributed by atoms with van der Waals surface area (Å²) < 4.78 is 5.66. The first kappa shape index (κ1) is 13.7. The number of H-pyrrole nitrogens is 1. The zero-order valence-corrected chi connectivity index (χ0v) is 12.6. The number of imidazole rings is 1. The molecule has 6 heteroatoms. The standard InChI is InChI=1S/C15H15ClN4O/c1-20(2)14-8-7-12-15(19-14)18-13(17-12)9-21-11-5-3-10(16)4-6-11/h3-8H,9H2,1-2H3,(H,17,18,19). The highest BCUT2D eigenvalue weighted by Crippen LogP contribution is 2.18. The number of halogens is 1. The van der Waals surface area contributed by atoms with Crippen molar-refractivity contribution in [2.75, 3.05) is 19.0 Å². The topological polar surface area (TPSA) is 54.0 Å². The van der Waals surface area contributed by atoms with E-state index in [2.05, 4.69) is 15.0 Å². The Morgan fingerprint density at radius 1 is 1.10 bits per heavy atom. The third kappa shape index (κ3) is 3.08. The third-order valence-corrected chi connectivity index (χ3v) is 3.28. The number of hydrogen-bond donors (Lipinski definition) is 1. The highest BCUT2D eigenvalue weighted by Gasteiger charge is 2.07. The third-order valence-electron chi connectivity index (χ3n) is 3.03. The Hall–Kier alpha value is -2.27. The minimum Gasteiger partial charge on any atom is -0.486 e. The van der Waals surface area contributed by atoms with Gasteiger partial charge in [-0.2, -0.15) is 0 Å². The van der Waals surface area contributed by atoms with Crippen molar-refractivity contribution in [1.29, 1.82) is 0 Å². The van der Waals surface area contributed by atoms with Gasteiger partial charge < -0.3 is 14.6 Å². The van der Waals surface area contributed by atoms with Crippen LogP contribution in [-0.2, 0) is 6.61 Å². The Kier molecular flexibility index (Phi) is 3.66. The van der Waals surface area contributed by atoms with Crippen LogP contribution in [0.1, 0.15) is 5.82 Å². The summed E-state index contributed by atoms with van der Waals surface area (Å²) in [4.78, 5) is 14.1. The van der Waals surface area contributed by atoms with Gasteiger partial charge in [0, 0.05) is 19.1 Å². The second-order valence-corrected chi connectivity index (χ2v) is 5.30. The Labute approximate surface area is 127 Å². The van der Waals surface area contributed by atoms with Gasteiger partial charge in [-0.05, 0) is 36.4 Å². The number of nitrogens with zero attached hydrogens (tertiary/aromatic N) is 3. The fourth-order valence-corrected chi connectivity index (χ4v) is 2.06. The Balaban J connectivity index is 1.76. The van der Waals surface area contributed by atoms with Gasteiger partial charge >= 0.3 is 0 Å². The molecule has 0 aliphatic heterocycles. The molecule has 5 nitrogen and oxygen atoms in total. The number of aromatic amines is 1. The summed E-state index contributed by atoms with van der Waals surface area (Å²) >= 11 is 5.84. The number of ether oxygens (including phenoxy) is 1. The number of anilines is 1. The van der Waals surface area contributed by atoms with Crippen LogP contribution < -0.4 is 9.64 Å². The number of benzene rings is 1. The van der Waals surface area contributed by atoms with Crippen LogP contribution in [0.3, 0.4) is 0 Å². The Bertz CT molecular complexity index is 752. The molecule has 0 aliphatic rings. The molecule has 0 saturated carbocycles. The van der Waals surface area contributed by atoms with Gasteiger partial charge in [0.1, 0.15) is 24.0 Å². The number of rotatable bonds is 4. The molecule has 0 unspecified atom stereocenters. The zero-order valence-electron chi connectivity index (χ0n) is 11.8. The first-order chi connectivity index (χ1) is 10.1. The summed E-state index contributed by atoms with van der Waals surface area (Å²) in [6, 6.07) is 11.2. The van der Waals surface area contributed by atoms with Gasteiger partial charge in [-0.3, -0.25) is 0 Å². The quantitative estimate of drug-likeness (QED) is 0.804. The fraction of sp³-hybridized carbons (Fsp3) is 0.200. The molecule has 1 aromatic carbocycles. The fourth-order valence-electron chi connectivity index (χ4n) is 1.93. The summed E-state index contributed by atoms with van der Waals surface area (Å²) in [5.74, 6) is 2.37. The lowest BCUT2D eigenvalue weighted by Crippen LogP contribution is -2.10. The van der Waals surface area contributed by atoms with E-state index in [0.29, 0.717) is 17.3 Å². The van der Waals surface area contributed by atoms with Crippen LogP contribution in [0.15, 0.2) is 36.4 Å². The molecule has 0 radical (unpaired) electrons. The maximum Gasteiger partial charge on any atom is 0.179 e. The van der Waals surface area contributed by atoms with Crippen LogP contribution in [0.25, 0.3) is 11.2 Å².